The van der Waals surface area contributed by atoms with Crippen molar-refractivity contribution in [2.45, 2.75) is 31.8 Å². The average Bonchev–Trinajstić information content (AvgIpc) is 2.90. The first-order chi connectivity index (χ1) is 9.59. The molecule has 0 bridgehead atoms. The number of aryl methyl sites for hydroxylation is 1. The third-order valence-electron chi connectivity index (χ3n) is 4.06. The summed E-state index contributed by atoms with van der Waals surface area (Å²) in [6.45, 7) is 4.03. The smallest absolute Gasteiger partial charge is 0.245 e. The van der Waals surface area contributed by atoms with Crippen LogP contribution in [0.3, 0.4) is 0 Å². The maximum absolute atomic E-state index is 12.8. The standard InChI is InChI=1S/C16H24N2O2/c1-13-7-4-5-8-14(13)11-18(2)15(19)16(12-20-3)9-6-10-17-16/h4-5,7-8,17H,6,9-12H2,1-3H3. The summed E-state index contributed by atoms with van der Waals surface area (Å²) < 4.78 is 5.26. The molecule has 4 heteroatoms. The number of methoxy groups -OCH3 is 1. The molecule has 0 aliphatic carbocycles. The van der Waals surface area contributed by atoms with Crippen LogP contribution in [0, 0.1) is 6.92 Å². The fourth-order valence-electron chi connectivity index (χ4n) is 2.90. The van der Waals surface area contributed by atoms with E-state index in [1.165, 1.54) is 11.1 Å². The molecule has 1 unspecified atom stereocenters. The zero-order valence-electron chi connectivity index (χ0n) is 12.6. The Morgan fingerprint density at radius 3 is 2.80 bits per heavy atom. The summed E-state index contributed by atoms with van der Waals surface area (Å²) in [5.41, 5.74) is 1.87. The molecule has 4 nitrogen and oxygen atoms in total. The van der Waals surface area contributed by atoms with Crippen molar-refractivity contribution in [3.8, 4) is 0 Å². The number of ether oxygens (including phenoxy) is 1. The first-order valence-corrected chi connectivity index (χ1v) is 7.13. The second kappa shape index (κ2) is 6.37. The van der Waals surface area contributed by atoms with Gasteiger partial charge >= 0.3 is 0 Å². The molecule has 110 valence electrons. The number of nitrogens with one attached hydrogen (secondary N) is 1. The van der Waals surface area contributed by atoms with E-state index in [1.807, 2.05) is 19.2 Å². The van der Waals surface area contributed by atoms with E-state index < -0.39 is 5.54 Å². The molecule has 1 aromatic rings. The van der Waals surface area contributed by atoms with Crippen molar-refractivity contribution in [2.24, 2.45) is 0 Å². The minimum Gasteiger partial charge on any atom is -0.382 e. The number of carbonyl (C=O) groups excluding carboxylic acids is 1. The highest BCUT2D eigenvalue weighted by Crippen LogP contribution is 2.23. The molecule has 0 aromatic heterocycles. The summed E-state index contributed by atoms with van der Waals surface area (Å²) in [6.07, 6.45) is 1.87. The average molecular weight is 276 g/mol. The van der Waals surface area contributed by atoms with Gasteiger partial charge < -0.3 is 15.0 Å². The lowest BCUT2D eigenvalue weighted by Gasteiger charge is -2.32. The molecule has 1 saturated heterocycles. The van der Waals surface area contributed by atoms with Gasteiger partial charge in [-0.15, -0.1) is 0 Å². The molecule has 0 radical (unpaired) electrons. The Labute approximate surface area is 121 Å². The Bertz CT molecular complexity index is 467. The van der Waals surface area contributed by atoms with Crippen molar-refractivity contribution in [2.75, 3.05) is 27.3 Å². The van der Waals surface area contributed by atoms with E-state index >= 15 is 0 Å². The number of hydrogen-bond donors (Lipinski definition) is 1. The van der Waals surface area contributed by atoms with Gasteiger partial charge in [0.1, 0.15) is 5.54 Å². The maximum Gasteiger partial charge on any atom is 0.245 e. The van der Waals surface area contributed by atoms with Crippen molar-refractivity contribution >= 4 is 5.91 Å². The van der Waals surface area contributed by atoms with E-state index in [2.05, 4.69) is 24.4 Å². The molecule has 1 aromatic carbocycles. The molecular weight excluding hydrogens is 252 g/mol. The highest BCUT2D eigenvalue weighted by molar-refractivity contribution is 5.86. The van der Waals surface area contributed by atoms with Crippen LogP contribution in [0.4, 0.5) is 0 Å². The largest absolute Gasteiger partial charge is 0.382 e. The van der Waals surface area contributed by atoms with E-state index in [9.17, 15) is 4.79 Å². The maximum atomic E-state index is 12.8. The van der Waals surface area contributed by atoms with Gasteiger partial charge in [-0.2, -0.15) is 0 Å². The van der Waals surface area contributed by atoms with Crippen molar-refractivity contribution in [1.29, 1.82) is 0 Å². The highest BCUT2D eigenvalue weighted by atomic mass is 16.5. The number of benzene rings is 1. The van der Waals surface area contributed by atoms with Gasteiger partial charge in [0, 0.05) is 20.7 Å². The summed E-state index contributed by atoms with van der Waals surface area (Å²) in [4.78, 5) is 14.6. The van der Waals surface area contributed by atoms with Crippen LogP contribution in [0.15, 0.2) is 24.3 Å². The molecule has 1 fully saturated rings. The van der Waals surface area contributed by atoms with Crippen LogP contribution in [0.1, 0.15) is 24.0 Å². The number of rotatable bonds is 5. The van der Waals surface area contributed by atoms with Crippen molar-refractivity contribution in [3.63, 3.8) is 0 Å². The monoisotopic (exact) mass is 276 g/mol. The Morgan fingerprint density at radius 2 is 2.20 bits per heavy atom. The first kappa shape index (κ1) is 15.0. The number of hydrogen-bond acceptors (Lipinski definition) is 3. The quantitative estimate of drug-likeness (QED) is 0.890. The molecule has 1 aliphatic rings. The van der Waals surface area contributed by atoms with Crippen LogP contribution in [-0.4, -0.2) is 43.7 Å². The fourth-order valence-corrected chi connectivity index (χ4v) is 2.90. The highest BCUT2D eigenvalue weighted by Gasteiger charge is 2.42. The van der Waals surface area contributed by atoms with E-state index in [-0.39, 0.29) is 5.91 Å². The lowest BCUT2D eigenvalue weighted by Crippen LogP contribution is -2.56. The predicted octanol–water partition coefficient (Wildman–Crippen LogP) is 1.72. The molecule has 0 saturated carbocycles. The van der Waals surface area contributed by atoms with Gasteiger partial charge in [-0.25, -0.2) is 0 Å². The van der Waals surface area contributed by atoms with Crippen LogP contribution in [0.5, 0.6) is 0 Å². The van der Waals surface area contributed by atoms with Gasteiger partial charge in [0.15, 0.2) is 0 Å². The normalized spacial score (nSPS) is 21.9. The van der Waals surface area contributed by atoms with Crippen LogP contribution in [0.25, 0.3) is 0 Å². The van der Waals surface area contributed by atoms with Gasteiger partial charge in [-0.3, -0.25) is 4.79 Å². The second-order valence-electron chi connectivity index (χ2n) is 5.63. The summed E-state index contributed by atoms with van der Waals surface area (Å²) >= 11 is 0. The zero-order valence-corrected chi connectivity index (χ0v) is 12.6. The minimum atomic E-state index is -0.536. The molecule has 0 spiro atoms. The van der Waals surface area contributed by atoms with Crippen molar-refractivity contribution in [3.05, 3.63) is 35.4 Å². The van der Waals surface area contributed by atoms with Gasteiger partial charge in [-0.05, 0) is 37.4 Å². The van der Waals surface area contributed by atoms with Gasteiger partial charge in [0.25, 0.3) is 0 Å². The summed E-state index contributed by atoms with van der Waals surface area (Å²) in [7, 11) is 3.52. The number of likely N-dealkylation sites (N-methyl/N-ethyl adjacent to an activating group) is 1. The number of amides is 1. The molecule has 1 N–H and O–H groups in total. The van der Waals surface area contributed by atoms with E-state index in [1.54, 1.807) is 12.0 Å². The van der Waals surface area contributed by atoms with Crippen LogP contribution in [0.2, 0.25) is 0 Å². The van der Waals surface area contributed by atoms with E-state index in [0.29, 0.717) is 13.2 Å². The van der Waals surface area contributed by atoms with Crippen molar-refractivity contribution in [1.82, 2.24) is 10.2 Å². The van der Waals surface area contributed by atoms with Crippen LogP contribution >= 0.6 is 0 Å². The number of nitrogens with zero attached hydrogens (tertiary/aromatic N) is 1. The molecular formula is C16H24N2O2. The molecule has 20 heavy (non-hydrogen) atoms. The lowest BCUT2D eigenvalue weighted by molar-refractivity contribution is -0.139. The fraction of sp³-hybridized carbons (Fsp3) is 0.562. The SMILES string of the molecule is COCC1(C(=O)N(C)Cc2ccccc2C)CCCN1. The minimum absolute atomic E-state index is 0.125. The Hall–Kier alpha value is -1.39. The molecule has 1 heterocycles. The molecule has 1 aliphatic heterocycles. The predicted molar refractivity (Wildman–Crippen MR) is 79.5 cm³/mol. The second-order valence-corrected chi connectivity index (χ2v) is 5.63. The topological polar surface area (TPSA) is 41.6 Å². The van der Waals surface area contributed by atoms with Crippen molar-refractivity contribution < 1.29 is 9.53 Å². The third-order valence-corrected chi connectivity index (χ3v) is 4.06. The lowest BCUT2D eigenvalue weighted by atomic mass is 9.96. The van der Waals surface area contributed by atoms with E-state index in [0.717, 1.165) is 19.4 Å². The first-order valence-electron chi connectivity index (χ1n) is 7.13. The Kier molecular flexibility index (Phi) is 4.78. The van der Waals surface area contributed by atoms with E-state index in [4.69, 9.17) is 4.74 Å². The third kappa shape index (κ3) is 3.02. The zero-order chi connectivity index (χ0) is 14.6. The van der Waals surface area contributed by atoms with Crippen LogP contribution < -0.4 is 5.32 Å². The van der Waals surface area contributed by atoms with Gasteiger partial charge in [0.05, 0.1) is 6.61 Å². The number of carbonyl (C=O) groups is 1. The molecule has 1 atom stereocenters. The van der Waals surface area contributed by atoms with Crippen LogP contribution in [-0.2, 0) is 16.1 Å². The summed E-state index contributed by atoms with van der Waals surface area (Å²) in [5.74, 6) is 0.125. The molecule has 1 amide bonds. The Balaban J connectivity index is 2.10. The van der Waals surface area contributed by atoms with Gasteiger partial charge in [-0.1, -0.05) is 24.3 Å². The summed E-state index contributed by atoms with van der Waals surface area (Å²) in [6, 6.07) is 8.18. The summed E-state index contributed by atoms with van der Waals surface area (Å²) in [5, 5.41) is 3.34. The Morgan fingerprint density at radius 1 is 1.45 bits per heavy atom. The van der Waals surface area contributed by atoms with Gasteiger partial charge in [0.2, 0.25) is 5.91 Å². The molecule has 2 rings (SSSR count).